The van der Waals surface area contributed by atoms with Gasteiger partial charge < -0.3 is 25.2 Å². The Labute approximate surface area is 57.5 Å². The summed E-state index contributed by atoms with van der Waals surface area (Å²) in [5, 5.41) is 35.3. The van der Waals surface area contributed by atoms with E-state index in [1.54, 1.807) is 0 Å². The first kappa shape index (κ1) is 7.90. The van der Waals surface area contributed by atoms with E-state index in [4.69, 9.17) is 20.4 Å². The van der Waals surface area contributed by atoms with Crippen LogP contribution in [0.4, 0.5) is 0 Å². The first-order chi connectivity index (χ1) is 4.63. The van der Waals surface area contributed by atoms with Crippen LogP contribution in [0.1, 0.15) is 0 Å². The van der Waals surface area contributed by atoms with Crippen LogP contribution in [0.2, 0.25) is 0 Å². The normalized spacial score (nSPS) is 49.2. The van der Waals surface area contributed by atoms with Crippen molar-refractivity contribution in [2.24, 2.45) is 0 Å². The summed E-state index contributed by atoms with van der Waals surface area (Å²) in [5.41, 5.74) is 0. The van der Waals surface area contributed by atoms with Gasteiger partial charge in [0, 0.05) is 0 Å². The van der Waals surface area contributed by atoms with Crippen LogP contribution in [0, 0.1) is 0 Å². The zero-order valence-corrected chi connectivity index (χ0v) is 5.21. The molecule has 5 nitrogen and oxygen atoms in total. The largest absolute Gasteiger partial charge is 0.388 e. The van der Waals surface area contributed by atoms with E-state index in [2.05, 4.69) is 4.74 Å². The fourth-order valence-corrected chi connectivity index (χ4v) is 0.791. The van der Waals surface area contributed by atoms with Crippen molar-refractivity contribution in [3.8, 4) is 0 Å². The molecule has 1 saturated heterocycles. The lowest BCUT2D eigenvalue weighted by atomic mass is 10.1. The minimum absolute atomic E-state index is 0.153. The molecule has 3 unspecified atom stereocenters. The van der Waals surface area contributed by atoms with Crippen LogP contribution in [-0.4, -0.2) is 51.6 Å². The molecule has 1 heterocycles. The van der Waals surface area contributed by atoms with E-state index < -0.39 is 24.6 Å². The maximum absolute atomic E-state index is 8.88. The lowest BCUT2D eigenvalue weighted by Crippen LogP contribution is -2.52. The van der Waals surface area contributed by atoms with Gasteiger partial charge in [-0.2, -0.15) is 0 Å². The number of hydrogen-bond donors (Lipinski definition) is 4. The summed E-state index contributed by atoms with van der Waals surface area (Å²) >= 11 is 0. The van der Waals surface area contributed by atoms with Crippen LogP contribution in [0.5, 0.6) is 0 Å². The van der Waals surface area contributed by atoms with Gasteiger partial charge in [-0.05, 0) is 0 Å². The number of aliphatic hydroxyl groups excluding tert-OH is 4. The second-order valence-electron chi connectivity index (χ2n) is 2.27. The van der Waals surface area contributed by atoms with Crippen LogP contribution >= 0.6 is 0 Å². The highest BCUT2D eigenvalue weighted by Gasteiger charge is 2.36. The minimum Gasteiger partial charge on any atom is -0.388 e. The van der Waals surface area contributed by atoms with Crippen LogP contribution in [-0.2, 0) is 4.74 Å². The molecule has 0 aliphatic carbocycles. The topological polar surface area (TPSA) is 90.2 Å². The lowest BCUT2D eigenvalue weighted by Gasteiger charge is -2.31. The molecule has 0 bridgehead atoms. The summed E-state index contributed by atoms with van der Waals surface area (Å²) in [5.74, 6) is 0. The fraction of sp³-hybridized carbons (Fsp3) is 1.00. The van der Waals surface area contributed by atoms with Crippen molar-refractivity contribution in [3.05, 3.63) is 0 Å². The van der Waals surface area contributed by atoms with Gasteiger partial charge in [0.15, 0.2) is 6.29 Å². The molecule has 1 fully saturated rings. The highest BCUT2D eigenvalue weighted by molar-refractivity contribution is 4.81. The van der Waals surface area contributed by atoms with Gasteiger partial charge in [-0.15, -0.1) is 0 Å². The Hall–Kier alpha value is -0.200. The summed E-state index contributed by atoms with van der Waals surface area (Å²) in [7, 11) is 0. The molecule has 0 aromatic heterocycles. The summed E-state index contributed by atoms with van der Waals surface area (Å²) < 4.78 is 4.47. The van der Waals surface area contributed by atoms with Gasteiger partial charge in [0.25, 0.3) is 0 Å². The van der Waals surface area contributed by atoms with Gasteiger partial charge in [0.1, 0.15) is 18.3 Å². The molecule has 0 radical (unpaired) electrons. The number of hydrogen-bond acceptors (Lipinski definition) is 5. The van der Waals surface area contributed by atoms with Crippen molar-refractivity contribution >= 4 is 0 Å². The van der Waals surface area contributed by atoms with Crippen molar-refractivity contribution in [2.75, 3.05) is 6.61 Å². The predicted octanol–water partition coefficient (Wildman–Crippen LogP) is -2.58. The Bertz CT molecular complexity index is 103. The van der Waals surface area contributed by atoms with Gasteiger partial charge in [0.2, 0.25) is 0 Å². The quantitative estimate of drug-likeness (QED) is 0.304. The standard InChI is InChI=1S/C5H10O5/c6-2-1-10-5(9)4(8)3(2)7/h2-9H,1H2/t2?,3?,4?,5-/m0/s1. The van der Waals surface area contributed by atoms with E-state index in [0.717, 1.165) is 0 Å². The third-order valence-corrected chi connectivity index (χ3v) is 1.47. The average Bonchev–Trinajstić information content (AvgIpc) is 1.93. The molecule has 0 amide bonds. The Balaban J connectivity index is 2.52. The molecule has 1 rings (SSSR count). The second kappa shape index (κ2) is 2.81. The highest BCUT2D eigenvalue weighted by Crippen LogP contribution is 2.12. The van der Waals surface area contributed by atoms with E-state index >= 15 is 0 Å². The van der Waals surface area contributed by atoms with Crippen molar-refractivity contribution in [3.63, 3.8) is 0 Å². The molecule has 4 N–H and O–H groups in total. The highest BCUT2D eigenvalue weighted by atomic mass is 16.6. The molecular formula is C5H10O5. The number of aliphatic hydroxyl groups is 4. The number of ether oxygens (including phenoxy) is 1. The summed E-state index contributed by atoms with van der Waals surface area (Å²) in [6.07, 6.45) is -5.23. The third-order valence-electron chi connectivity index (χ3n) is 1.47. The summed E-state index contributed by atoms with van der Waals surface area (Å²) in [4.78, 5) is 0. The lowest BCUT2D eigenvalue weighted by molar-refractivity contribution is -0.252. The first-order valence-electron chi connectivity index (χ1n) is 2.97. The Morgan fingerprint density at radius 3 is 2.10 bits per heavy atom. The fourth-order valence-electron chi connectivity index (χ4n) is 0.791. The Morgan fingerprint density at radius 2 is 1.60 bits per heavy atom. The van der Waals surface area contributed by atoms with Crippen molar-refractivity contribution < 1.29 is 25.2 Å². The molecule has 0 aromatic rings. The zero-order valence-electron chi connectivity index (χ0n) is 5.21. The molecule has 0 saturated carbocycles. The molecule has 60 valence electrons. The maximum Gasteiger partial charge on any atom is 0.183 e. The van der Waals surface area contributed by atoms with Crippen molar-refractivity contribution in [1.82, 2.24) is 0 Å². The zero-order chi connectivity index (χ0) is 7.72. The molecule has 1 aliphatic rings. The monoisotopic (exact) mass is 150 g/mol. The molecule has 0 spiro atoms. The van der Waals surface area contributed by atoms with Crippen LogP contribution in [0.25, 0.3) is 0 Å². The molecule has 4 atom stereocenters. The molecule has 0 aromatic carbocycles. The van der Waals surface area contributed by atoms with Crippen LogP contribution in [0.15, 0.2) is 0 Å². The van der Waals surface area contributed by atoms with Gasteiger partial charge in [0.05, 0.1) is 6.61 Å². The van der Waals surface area contributed by atoms with Crippen LogP contribution < -0.4 is 0 Å². The Kier molecular flexibility index (Phi) is 2.22. The SMILES string of the molecule is OC1CO[C@H](O)C(O)C1O. The molecule has 10 heavy (non-hydrogen) atoms. The van der Waals surface area contributed by atoms with E-state index in [-0.39, 0.29) is 6.61 Å². The molecule has 5 heteroatoms. The van der Waals surface area contributed by atoms with Gasteiger partial charge in [-0.3, -0.25) is 0 Å². The first-order valence-corrected chi connectivity index (χ1v) is 2.97. The van der Waals surface area contributed by atoms with Gasteiger partial charge >= 0.3 is 0 Å². The van der Waals surface area contributed by atoms with Gasteiger partial charge in [-0.1, -0.05) is 0 Å². The van der Waals surface area contributed by atoms with E-state index in [9.17, 15) is 0 Å². The predicted molar refractivity (Wildman–Crippen MR) is 30.0 cm³/mol. The average molecular weight is 150 g/mol. The van der Waals surface area contributed by atoms with Crippen LogP contribution in [0.3, 0.4) is 0 Å². The van der Waals surface area contributed by atoms with Crippen molar-refractivity contribution in [2.45, 2.75) is 24.6 Å². The smallest absolute Gasteiger partial charge is 0.183 e. The maximum atomic E-state index is 8.88. The molecular weight excluding hydrogens is 140 g/mol. The summed E-state index contributed by atoms with van der Waals surface area (Å²) in [6.45, 7) is -0.153. The summed E-state index contributed by atoms with van der Waals surface area (Å²) in [6, 6.07) is 0. The second-order valence-corrected chi connectivity index (χ2v) is 2.27. The minimum atomic E-state index is -1.41. The number of rotatable bonds is 0. The third kappa shape index (κ3) is 1.28. The van der Waals surface area contributed by atoms with Crippen molar-refractivity contribution in [1.29, 1.82) is 0 Å². The van der Waals surface area contributed by atoms with E-state index in [1.807, 2.05) is 0 Å². The van der Waals surface area contributed by atoms with E-state index in [0.29, 0.717) is 0 Å². The Morgan fingerprint density at radius 1 is 1.00 bits per heavy atom. The van der Waals surface area contributed by atoms with E-state index in [1.165, 1.54) is 0 Å². The molecule has 1 aliphatic heterocycles. The van der Waals surface area contributed by atoms with Gasteiger partial charge in [-0.25, -0.2) is 0 Å².